The summed E-state index contributed by atoms with van der Waals surface area (Å²) in [6, 6.07) is 0.443. The van der Waals surface area contributed by atoms with Crippen LogP contribution in [0.5, 0.6) is 0 Å². The number of aromatic nitrogens is 2. The number of nitrogens with one attached hydrogen (secondary N) is 2. The van der Waals surface area contributed by atoms with Crippen molar-refractivity contribution in [2.24, 2.45) is 12.0 Å². The minimum atomic E-state index is 0.443. The maximum absolute atomic E-state index is 4.39. The van der Waals surface area contributed by atoms with Crippen molar-refractivity contribution < 1.29 is 0 Å². The second-order valence-corrected chi connectivity index (χ2v) is 4.36. The highest BCUT2D eigenvalue weighted by atomic mass is 15.3. The van der Waals surface area contributed by atoms with Crippen molar-refractivity contribution in [1.29, 1.82) is 0 Å². The first-order valence-corrected chi connectivity index (χ1v) is 5.62. The summed E-state index contributed by atoms with van der Waals surface area (Å²) in [5.74, 6) is 0.898. The van der Waals surface area contributed by atoms with Crippen LogP contribution < -0.4 is 10.6 Å². The molecular formula is C11H19N5. The molecule has 88 valence electrons. The van der Waals surface area contributed by atoms with Gasteiger partial charge in [0.25, 0.3) is 0 Å². The second kappa shape index (κ2) is 4.15. The molecule has 0 saturated heterocycles. The summed E-state index contributed by atoms with van der Waals surface area (Å²) in [5, 5.41) is 11.0. The van der Waals surface area contributed by atoms with Crippen LogP contribution in [-0.2, 0) is 13.6 Å². The molecule has 1 unspecified atom stereocenters. The Morgan fingerprint density at radius 2 is 2.25 bits per heavy atom. The number of aryl methyl sites for hydroxylation is 2. The molecule has 0 aromatic carbocycles. The molecule has 1 aliphatic heterocycles. The lowest BCUT2D eigenvalue weighted by atomic mass is 10.2. The van der Waals surface area contributed by atoms with Crippen molar-refractivity contribution in [3.8, 4) is 0 Å². The molecule has 16 heavy (non-hydrogen) atoms. The van der Waals surface area contributed by atoms with Crippen molar-refractivity contribution in [3.05, 3.63) is 17.0 Å². The van der Waals surface area contributed by atoms with Gasteiger partial charge in [0.2, 0.25) is 0 Å². The Hall–Kier alpha value is -1.52. The normalized spacial score (nSPS) is 19.5. The Morgan fingerprint density at radius 1 is 1.50 bits per heavy atom. The number of rotatable bonds is 2. The van der Waals surface area contributed by atoms with Crippen LogP contribution in [0.3, 0.4) is 0 Å². The number of hydrogen-bond donors (Lipinski definition) is 2. The summed E-state index contributed by atoms with van der Waals surface area (Å²) in [5.41, 5.74) is 3.54. The third kappa shape index (κ3) is 2.03. The van der Waals surface area contributed by atoms with Gasteiger partial charge in [-0.1, -0.05) is 0 Å². The molecule has 0 aliphatic carbocycles. The van der Waals surface area contributed by atoms with Crippen LogP contribution in [-0.4, -0.2) is 28.3 Å². The Kier molecular flexibility index (Phi) is 2.85. The Morgan fingerprint density at radius 3 is 2.75 bits per heavy atom. The van der Waals surface area contributed by atoms with E-state index in [0.29, 0.717) is 6.04 Å². The molecule has 0 bridgehead atoms. The SMILES string of the molecule is Cc1nn(C)c(C)c1CNC1=NCC(C)N1. The summed E-state index contributed by atoms with van der Waals surface area (Å²) in [6.07, 6.45) is 0. The summed E-state index contributed by atoms with van der Waals surface area (Å²) < 4.78 is 1.92. The van der Waals surface area contributed by atoms with Gasteiger partial charge in [0.05, 0.1) is 12.2 Å². The Bertz CT molecular complexity index is 418. The molecule has 0 radical (unpaired) electrons. The summed E-state index contributed by atoms with van der Waals surface area (Å²) >= 11 is 0. The fourth-order valence-electron chi connectivity index (χ4n) is 1.91. The van der Waals surface area contributed by atoms with Crippen molar-refractivity contribution in [2.45, 2.75) is 33.4 Å². The molecule has 0 saturated carbocycles. The van der Waals surface area contributed by atoms with E-state index in [1.807, 2.05) is 18.7 Å². The van der Waals surface area contributed by atoms with E-state index in [4.69, 9.17) is 0 Å². The predicted molar refractivity (Wildman–Crippen MR) is 64.4 cm³/mol. The zero-order chi connectivity index (χ0) is 11.7. The van der Waals surface area contributed by atoms with Gasteiger partial charge in [-0.2, -0.15) is 5.10 Å². The highest BCUT2D eigenvalue weighted by Crippen LogP contribution is 2.11. The second-order valence-electron chi connectivity index (χ2n) is 4.36. The van der Waals surface area contributed by atoms with E-state index in [-0.39, 0.29) is 0 Å². The van der Waals surface area contributed by atoms with E-state index in [0.717, 1.165) is 24.7 Å². The molecule has 0 spiro atoms. The largest absolute Gasteiger partial charge is 0.352 e. The zero-order valence-corrected chi connectivity index (χ0v) is 10.3. The first-order chi connectivity index (χ1) is 7.58. The van der Waals surface area contributed by atoms with Gasteiger partial charge in [-0.25, -0.2) is 0 Å². The Labute approximate surface area is 95.9 Å². The Balaban J connectivity index is 2.00. The zero-order valence-electron chi connectivity index (χ0n) is 10.3. The van der Waals surface area contributed by atoms with Crippen molar-refractivity contribution in [3.63, 3.8) is 0 Å². The van der Waals surface area contributed by atoms with Gasteiger partial charge in [0, 0.05) is 30.9 Å². The summed E-state index contributed by atoms with van der Waals surface area (Å²) in [4.78, 5) is 4.37. The third-order valence-electron chi connectivity index (χ3n) is 3.00. The van der Waals surface area contributed by atoms with Crippen molar-refractivity contribution in [2.75, 3.05) is 6.54 Å². The number of guanidine groups is 1. The molecule has 2 N–H and O–H groups in total. The first-order valence-electron chi connectivity index (χ1n) is 5.62. The minimum Gasteiger partial charge on any atom is -0.352 e. The van der Waals surface area contributed by atoms with E-state index in [2.05, 4.69) is 34.6 Å². The number of aliphatic imine (C=N–C) groups is 1. The van der Waals surface area contributed by atoms with Crippen molar-refractivity contribution >= 4 is 5.96 Å². The van der Waals surface area contributed by atoms with Crippen LogP contribution in [0.4, 0.5) is 0 Å². The van der Waals surface area contributed by atoms with Gasteiger partial charge < -0.3 is 10.6 Å². The number of nitrogens with zero attached hydrogens (tertiary/aromatic N) is 3. The smallest absolute Gasteiger partial charge is 0.191 e. The van der Waals surface area contributed by atoms with Crippen LogP contribution in [0.2, 0.25) is 0 Å². The lowest BCUT2D eigenvalue weighted by molar-refractivity contribution is 0.711. The van der Waals surface area contributed by atoms with Crippen LogP contribution in [0, 0.1) is 13.8 Å². The van der Waals surface area contributed by atoms with Gasteiger partial charge in [0.15, 0.2) is 5.96 Å². The molecule has 1 atom stereocenters. The highest BCUT2D eigenvalue weighted by molar-refractivity contribution is 5.81. The molecular weight excluding hydrogens is 202 g/mol. The lowest BCUT2D eigenvalue weighted by Crippen LogP contribution is -2.37. The predicted octanol–water partition coefficient (Wildman–Crippen LogP) is 0.474. The quantitative estimate of drug-likeness (QED) is 0.763. The lowest BCUT2D eigenvalue weighted by Gasteiger charge is -2.09. The minimum absolute atomic E-state index is 0.443. The average Bonchev–Trinajstić information content (AvgIpc) is 2.72. The molecule has 5 nitrogen and oxygen atoms in total. The monoisotopic (exact) mass is 221 g/mol. The van der Waals surface area contributed by atoms with Gasteiger partial charge in [-0.15, -0.1) is 0 Å². The van der Waals surface area contributed by atoms with Gasteiger partial charge in [-0.05, 0) is 20.8 Å². The number of hydrogen-bond acceptors (Lipinski definition) is 4. The molecule has 1 aromatic rings. The van der Waals surface area contributed by atoms with Crippen LogP contribution >= 0.6 is 0 Å². The van der Waals surface area contributed by atoms with E-state index < -0.39 is 0 Å². The molecule has 2 heterocycles. The topological polar surface area (TPSA) is 54.2 Å². The molecule has 0 fully saturated rings. The van der Waals surface area contributed by atoms with Crippen LogP contribution in [0.1, 0.15) is 23.9 Å². The van der Waals surface area contributed by atoms with Crippen LogP contribution in [0.25, 0.3) is 0 Å². The molecule has 1 aromatic heterocycles. The first kappa shape index (κ1) is 11.0. The van der Waals surface area contributed by atoms with E-state index >= 15 is 0 Å². The standard InChI is InChI=1S/C11H19N5/c1-7-5-12-11(14-7)13-6-10-8(2)15-16(4)9(10)3/h7H,5-6H2,1-4H3,(H2,12,13,14). The van der Waals surface area contributed by atoms with E-state index in [9.17, 15) is 0 Å². The molecule has 5 heteroatoms. The fourth-order valence-corrected chi connectivity index (χ4v) is 1.91. The van der Waals surface area contributed by atoms with Crippen molar-refractivity contribution in [1.82, 2.24) is 20.4 Å². The molecule has 1 aliphatic rings. The van der Waals surface area contributed by atoms with Gasteiger partial charge in [-0.3, -0.25) is 9.67 Å². The molecule has 0 amide bonds. The average molecular weight is 221 g/mol. The van der Waals surface area contributed by atoms with E-state index in [1.54, 1.807) is 0 Å². The van der Waals surface area contributed by atoms with Gasteiger partial charge in [0.1, 0.15) is 0 Å². The molecule has 2 rings (SSSR count). The third-order valence-corrected chi connectivity index (χ3v) is 3.00. The highest BCUT2D eigenvalue weighted by Gasteiger charge is 2.14. The maximum Gasteiger partial charge on any atom is 0.191 e. The maximum atomic E-state index is 4.39. The van der Waals surface area contributed by atoms with E-state index in [1.165, 1.54) is 11.3 Å². The fraction of sp³-hybridized carbons (Fsp3) is 0.636. The summed E-state index contributed by atoms with van der Waals surface area (Å²) in [7, 11) is 1.97. The summed E-state index contributed by atoms with van der Waals surface area (Å²) in [6.45, 7) is 7.89. The van der Waals surface area contributed by atoms with Gasteiger partial charge >= 0.3 is 0 Å². The van der Waals surface area contributed by atoms with Crippen LogP contribution in [0.15, 0.2) is 4.99 Å².